The zero-order valence-electron chi connectivity index (χ0n) is 9.06. The Labute approximate surface area is 95.2 Å². The standard InChI is InChI=1S/C12H14N4/c13-10-15-12(11-4-2-1-3-5-11)16-8-6-14-7-9-16/h1-5,14H,6-9H2. The van der Waals surface area contributed by atoms with Crippen molar-refractivity contribution in [1.29, 1.82) is 5.26 Å². The molecule has 1 aromatic carbocycles. The molecule has 1 aromatic rings. The van der Waals surface area contributed by atoms with E-state index in [2.05, 4.69) is 15.2 Å². The molecule has 0 spiro atoms. The summed E-state index contributed by atoms with van der Waals surface area (Å²) >= 11 is 0. The number of rotatable bonds is 1. The van der Waals surface area contributed by atoms with Gasteiger partial charge in [-0.15, -0.1) is 0 Å². The maximum absolute atomic E-state index is 8.75. The molecule has 4 nitrogen and oxygen atoms in total. The number of nitrogens with one attached hydrogen (secondary N) is 1. The fourth-order valence-corrected chi connectivity index (χ4v) is 1.83. The summed E-state index contributed by atoms with van der Waals surface area (Å²) in [6.45, 7) is 3.68. The number of nitrogens with zero attached hydrogens (tertiary/aromatic N) is 3. The van der Waals surface area contributed by atoms with E-state index in [1.54, 1.807) is 0 Å². The minimum absolute atomic E-state index is 0.782. The zero-order chi connectivity index (χ0) is 11.2. The van der Waals surface area contributed by atoms with Crippen LogP contribution in [0.4, 0.5) is 0 Å². The van der Waals surface area contributed by atoms with Crippen LogP contribution in [-0.2, 0) is 0 Å². The molecule has 0 aromatic heterocycles. The summed E-state index contributed by atoms with van der Waals surface area (Å²) in [6.07, 6.45) is 1.89. The molecule has 16 heavy (non-hydrogen) atoms. The van der Waals surface area contributed by atoms with Crippen LogP contribution in [0.3, 0.4) is 0 Å². The molecule has 0 saturated carbocycles. The summed E-state index contributed by atoms with van der Waals surface area (Å²) in [4.78, 5) is 6.09. The van der Waals surface area contributed by atoms with E-state index in [1.807, 2.05) is 36.5 Å². The predicted molar refractivity (Wildman–Crippen MR) is 63.0 cm³/mol. The summed E-state index contributed by atoms with van der Waals surface area (Å²) in [5.74, 6) is 0.782. The lowest BCUT2D eigenvalue weighted by Gasteiger charge is -2.29. The number of aliphatic imine (C=N–C) groups is 1. The molecule has 1 saturated heterocycles. The Morgan fingerprint density at radius 2 is 1.94 bits per heavy atom. The molecule has 1 heterocycles. The summed E-state index contributed by atoms with van der Waals surface area (Å²) in [6, 6.07) is 9.86. The van der Waals surface area contributed by atoms with Crippen molar-refractivity contribution in [2.75, 3.05) is 26.2 Å². The topological polar surface area (TPSA) is 51.4 Å². The second-order valence-corrected chi connectivity index (χ2v) is 3.64. The van der Waals surface area contributed by atoms with Crippen molar-refractivity contribution in [3.05, 3.63) is 35.9 Å². The van der Waals surface area contributed by atoms with Crippen LogP contribution in [0.1, 0.15) is 5.56 Å². The quantitative estimate of drug-likeness (QED) is 0.428. The van der Waals surface area contributed by atoms with Crippen LogP contribution in [0.15, 0.2) is 35.3 Å². The number of nitriles is 1. The van der Waals surface area contributed by atoms with E-state index < -0.39 is 0 Å². The van der Waals surface area contributed by atoms with Crippen molar-refractivity contribution < 1.29 is 0 Å². The third-order valence-electron chi connectivity index (χ3n) is 2.60. The number of piperazine rings is 1. The normalized spacial score (nSPS) is 16.9. The van der Waals surface area contributed by atoms with E-state index >= 15 is 0 Å². The summed E-state index contributed by atoms with van der Waals surface area (Å²) in [5.41, 5.74) is 1.01. The molecule has 2 rings (SSSR count). The molecule has 0 amide bonds. The molecular weight excluding hydrogens is 200 g/mol. The molecule has 0 aliphatic carbocycles. The molecule has 1 N–H and O–H groups in total. The van der Waals surface area contributed by atoms with Crippen LogP contribution < -0.4 is 5.32 Å². The molecule has 0 unspecified atom stereocenters. The van der Waals surface area contributed by atoms with E-state index in [0.29, 0.717) is 0 Å². The van der Waals surface area contributed by atoms with Gasteiger partial charge >= 0.3 is 0 Å². The SMILES string of the molecule is N#CN=C(c1ccccc1)N1CCNCC1. The fourth-order valence-electron chi connectivity index (χ4n) is 1.83. The monoisotopic (exact) mass is 214 g/mol. The Balaban J connectivity index is 2.24. The molecule has 82 valence electrons. The maximum Gasteiger partial charge on any atom is 0.207 e. The van der Waals surface area contributed by atoms with Crippen LogP contribution >= 0.6 is 0 Å². The molecule has 0 bridgehead atoms. The van der Waals surface area contributed by atoms with Gasteiger partial charge in [0.1, 0.15) is 5.84 Å². The van der Waals surface area contributed by atoms with Crippen molar-refractivity contribution in [2.45, 2.75) is 0 Å². The molecule has 4 heteroatoms. The van der Waals surface area contributed by atoms with Gasteiger partial charge in [-0.25, -0.2) is 0 Å². The Morgan fingerprint density at radius 1 is 1.25 bits per heavy atom. The van der Waals surface area contributed by atoms with Crippen molar-refractivity contribution in [2.24, 2.45) is 4.99 Å². The largest absolute Gasteiger partial charge is 0.353 e. The number of hydrogen-bond acceptors (Lipinski definition) is 3. The van der Waals surface area contributed by atoms with Gasteiger partial charge in [-0.2, -0.15) is 10.3 Å². The van der Waals surface area contributed by atoms with Crippen molar-refractivity contribution >= 4 is 5.84 Å². The van der Waals surface area contributed by atoms with Gasteiger partial charge in [0.25, 0.3) is 0 Å². The first kappa shape index (κ1) is 10.7. The van der Waals surface area contributed by atoms with Crippen LogP contribution in [0.2, 0.25) is 0 Å². The average Bonchev–Trinajstić information content (AvgIpc) is 2.38. The number of amidine groups is 1. The highest BCUT2D eigenvalue weighted by molar-refractivity contribution is 5.99. The summed E-state index contributed by atoms with van der Waals surface area (Å²) in [5, 5.41) is 12.0. The highest BCUT2D eigenvalue weighted by Crippen LogP contribution is 2.07. The zero-order valence-corrected chi connectivity index (χ0v) is 9.06. The lowest BCUT2D eigenvalue weighted by molar-refractivity contribution is 0.358. The molecular formula is C12H14N4. The Bertz CT molecular complexity index is 399. The first-order valence-corrected chi connectivity index (χ1v) is 5.39. The lowest BCUT2D eigenvalue weighted by Crippen LogP contribution is -2.46. The number of benzene rings is 1. The minimum Gasteiger partial charge on any atom is -0.353 e. The highest BCUT2D eigenvalue weighted by atomic mass is 15.2. The van der Waals surface area contributed by atoms with Crippen LogP contribution in [-0.4, -0.2) is 36.9 Å². The first-order valence-electron chi connectivity index (χ1n) is 5.39. The molecule has 1 aliphatic rings. The third-order valence-corrected chi connectivity index (χ3v) is 2.60. The molecule has 1 fully saturated rings. The predicted octanol–water partition coefficient (Wildman–Crippen LogP) is 0.819. The summed E-state index contributed by atoms with van der Waals surface area (Å²) < 4.78 is 0. The van der Waals surface area contributed by atoms with E-state index in [0.717, 1.165) is 37.6 Å². The van der Waals surface area contributed by atoms with Crippen LogP contribution in [0.25, 0.3) is 0 Å². The van der Waals surface area contributed by atoms with Crippen molar-refractivity contribution in [3.8, 4) is 6.19 Å². The van der Waals surface area contributed by atoms with Crippen LogP contribution in [0.5, 0.6) is 0 Å². The van der Waals surface area contributed by atoms with Gasteiger partial charge in [0.15, 0.2) is 0 Å². The Hall–Kier alpha value is -1.86. The highest BCUT2D eigenvalue weighted by Gasteiger charge is 2.15. The van der Waals surface area contributed by atoms with E-state index in [-0.39, 0.29) is 0 Å². The van der Waals surface area contributed by atoms with Gasteiger partial charge in [0, 0.05) is 31.7 Å². The molecule has 0 atom stereocenters. The van der Waals surface area contributed by atoms with E-state index in [9.17, 15) is 0 Å². The first-order chi connectivity index (χ1) is 7.92. The average molecular weight is 214 g/mol. The second kappa shape index (κ2) is 5.29. The maximum atomic E-state index is 8.75. The number of hydrogen-bond donors (Lipinski definition) is 1. The fraction of sp³-hybridized carbons (Fsp3) is 0.333. The van der Waals surface area contributed by atoms with Gasteiger partial charge < -0.3 is 10.2 Å². The lowest BCUT2D eigenvalue weighted by atomic mass is 10.2. The molecule has 1 aliphatic heterocycles. The van der Waals surface area contributed by atoms with Gasteiger partial charge in [0.05, 0.1) is 0 Å². The molecule has 0 radical (unpaired) electrons. The van der Waals surface area contributed by atoms with E-state index in [1.165, 1.54) is 0 Å². The third kappa shape index (κ3) is 2.38. The van der Waals surface area contributed by atoms with Gasteiger partial charge in [0.2, 0.25) is 6.19 Å². The second-order valence-electron chi connectivity index (χ2n) is 3.64. The van der Waals surface area contributed by atoms with Crippen molar-refractivity contribution in [1.82, 2.24) is 10.2 Å². The summed E-state index contributed by atoms with van der Waals surface area (Å²) in [7, 11) is 0. The van der Waals surface area contributed by atoms with Crippen LogP contribution in [0, 0.1) is 11.5 Å². The smallest absolute Gasteiger partial charge is 0.207 e. The van der Waals surface area contributed by atoms with Gasteiger partial charge in [-0.1, -0.05) is 30.3 Å². The minimum atomic E-state index is 0.782. The van der Waals surface area contributed by atoms with Gasteiger partial charge in [-0.05, 0) is 0 Å². The van der Waals surface area contributed by atoms with Gasteiger partial charge in [-0.3, -0.25) is 0 Å². The Kier molecular flexibility index (Phi) is 3.52. The van der Waals surface area contributed by atoms with Crippen molar-refractivity contribution in [3.63, 3.8) is 0 Å². The van der Waals surface area contributed by atoms with E-state index in [4.69, 9.17) is 5.26 Å². The Morgan fingerprint density at radius 3 is 2.56 bits per heavy atom.